The maximum absolute atomic E-state index is 12.0. The van der Waals surface area contributed by atoms with Gasteiger partial charge in [0, 0.05) is 5.69 Å². The number of carboxylic acid groups (broad SMARTS) is 1. The van der Waals surface area contributed by atoms with Gasteiger partial charge in [-0.05, 0) is 37.8 Å². The standard InChI is InChI=1S/C14H17NO3/c1-8-4-3-5-9(2)12(8)15-13(16)10-6-7-11(10)14(17)18/h3-5,10-11H,6-7H2,1-2H3,(H,15,16)(H,17,18). The zero-order chi connectivity index (χ0) is 13.3. The van der Waals surface area contributed by atoms with Crippen LogP contribution in [0.1, 0.15) is 24.0 Å². The van der Waals surface area contributed by atoms with Crippen LogP contribution in [0.3, 0.4) is 0 Å². The summed E-state index contributed by atoms with van der Waals surface area (Å²) in [6, 6.07) is 5.79. The van der Waals surface area contributed by atoms with E-state index in [1.807, 2.05) is 32.0 Å². The van der Waals surface area contributed by atoms with E-state index < -0.39 is 11.9 Å². The molecule has 0 bridgehead atoms. The van der Waals surface area contributed by atoms with Crippen molar-refractivity contribution in [1.82, 2.24) is 0 Å². The van der Waals surface area contributed by atoms with Gasteiger partial charge in [0.25, 0.3) is 0 Å². The van der Waals surface area contributed by atoms with Gasteiger partial charge in [0.1, 0.15) is 0 Å². The highest BCUT2D eigenvalue weighted by Gasteiger charge is 2.41. The molecule has 0 aliphatic heterocycles. The van der Waals surface area contributed by atoms with E-state index in [1.54, 1.807) is 0 Å². The van der Waals surface area contributed by atoms with Crippen LogP contribution < -0.4 is 5.32 Å². The third kappa shape index (κ3) is 2.23. The first-order valence-electron chi connectivity index (χ1n) is 6.10. The van der Waals surface area contributed by atoms with Gasteiger partial charge < -0.3 is 10.4 Å². The van der Waals surface area contributed by atoms with Crippen LogP contribution in [-0.4, -0.2) is 17.0 Å². The van der Waals surface area contributed by atoms with Gasteiger partial charge in [0.15, 0.2) is 0 Å². The van der Waals surface area contributed by atoms with Crippen LogP contribution in [0.25, 0.3) is 0 Å². The highest BCUT2D eigenvalue weighted by molar-refractivity contribution is 5.97. The van der Waals surface area contributed by atoms with Crippen LogP contribution in [-0.2, 0) is 9.59 Å². The maximum atomic E-state index is 12.0. The number of aryl methyl sites for hydroxylation is 2. The Morgan fingerprint density at radius 2 is 1.72 bits per heavy atom. The molecule has 96 valence electrons. The van der Waals surface area contributed by atoms with E-state index in [0.717, 1.165) is 16.8 Å². The van der Waals surface area contributed by atoms with Crippen molar-refractivity contribution in [3.05, 3.63) is 29.3 Å². The first-order valence-corrected chi connectivity index (χ1v) is 6.10. The lowest BCUT2D eigenvalue weighted by Gasteiger charge is -2.32. The summed E-state index contributed by atoms with van der Waals surface area (Å²) >= 11 is 0. The molecular formula is C14H17NO3. The maximum Gasteiger partial charge on any atom is 0.307 e. The average Bonchev–Trinajstić information content (AvgIpc) is 2.21. The molecule has 2 rings (SSSR count). The Morgan fingerprint density at radius 1 is 1.17 bits per heavy atom. The Morgan fingerprint density at radius 3 is 2.17 bits per heavy atom. The van der Waals surface area contributed by atoms with Gasteiger partial charge in [0.05, 0.1) is 11.8 Å². The highest BCUT2D eigenvalue weighted by Crippen LogP contribution is 2.35. The number of aliphatic carboxylic acids is 1. The number of benzene rings is 1. The number of para-hydroxylation sites is 1. The van der Waals surface area contributed by atoms with Gasteiger partial charge in [0.2, 0.25) is 5.91 Å². The predicted octanol–water partition coefficient (Wildman–Crippen LogP) is 2.35. The number of nitrogens with one attached hydrogen (secondary N) is 1. The first-order chi connectivity index (χ1) is 8.50. The number of rotatable bonds is 3. The molecule has 0 radical (unpaired) electrons. The second kappa shape index (κ2) is 4.80. The number of hydrogen-bond donors (Lipinski definition) is 2. The Hall–Kier alpha value is -1.84. The largest absolute Gasteiger partial charge is 0.481 e. The van der Waals surface area contributed by atoms with Gasteiger partial charge in [-0.3, -0.25) is 9.59 Å². The third-order valence-electron chi connectivity index (χ3n) is 3.66. The molecule has 2 unspecified atom stereocenters. The van der Waals surface area contributed by atoms with E-state index in [-0.39, 0.29) is 11.8 Å². The van der Waals surface area contributed by atoms with Crippen molar-refractivity contribution >= 4 is 17.6 Å². The minimum Gasteiger partial charge on any atom is -0.481 e. The monoisotopic (exact) mass is 247 g/mol. The number of hydrogen-bond acceptors (Lipinski definition) is 2. The first kappa shape index (κ1) is 12.6. The SMILES string of the molecule is Cc1cccc(C)c1NC(=O)C1CCC1C(=O)O. The molecule has 0 heterocycles. The second-order valence-corrected chi connectivity index (χ2v) is 4.88. The van der Waals surface area contributed by atoms with Crippen LogP contribution in [0.15, 0.2) is 18.2 Å². The van der Waals surface area contributed by atoms with E-state index in [0.29, 0.717) is 12.8 Å². The lowest BCUT2D eigenvalue weighted by Crippen LogP contribution is -2.41. The molecule has 0 spiro atoms. The van der Waals surface area contributed by atoms with E-state index >= 15 is 0 Å². The highest BCUT2D eigenvalue weighted by atomic mass is 16.4. The fourth-order valence-corrected chi connectivity index (χ4v) is 2.34. The second-order valence-electron chi connectivity index (χ2n) is 4.88. The third-order valence-corrected chi connectivity index (χ3v) is 3.66. The van der Waals surface area contributed by atoms with Crippen molar-refractivity contribution < 1.29 is 14.7 Å². The summed E-state index contributed by atoms with van der Waals surface area (Å²) in [7, 11) is 0. The van der Waals surface area contributed by atoms with Crippen molar-refractivity contribution in [3.63, 3.8) is 0 Å². The number of anilines is 1. The summed E-state index contributed by atoms with van der Waals surface area (Å²) in [6.07, 6.45) is 1.26. The molecule has 18 heavy (non-hydrogen) atoms. The van der Waals surface area contributed by atoms with Gasteiger partial charge in [-0.25, -0.2) is 0 Å². The summed E-state index contributed by atoms with van der Waals surface area (Å²) in [5.74, 6) is -1.95. The van der Waals surface area contributed by atoms with Crippen molar-refractivity contribution in [2.75, 3.05) is 5.32 Å². The van der Waals surface area contributed by atoms with Gasteiger partial charge in [-0.15, -0.1) is 0 Å². The lowest BCUT2D eigenvalue weighted by molar-refractivity contribution is -0.151. The molecule has 1 amide bonds. The Kier molecular flexibility index (Phi) is 3.36. The van der Waals surface area contributed by atoms with Crippen molar-refractivity contribution in [2.45, 2.75) is 26.7 Å². The van der Waals surface area contributed by atoms with Crippen molar-refractivity contribution in [2.24, 2.45) is 11.8 Å². The van der Waals surface area contributed by atoms with Gasteiger partial charge >= 0.3 is 5.97 Å². The summed E-state index contributed by atoms with van der Waals surface area (Å²) in [4.78, 5) is 22.9. The van der Waals surface area contributed by atoms with Crippen molar-refractivity contribution in [1.29, 1.82) is 0 Å². The average molecular weight is 247 g/mol. The quantitative estimate of drug-likeness (QED) is 0.861. The fraction of sp³-hybridized carbons (Fsp3) is 0.429. The van der Waals surface area contributed by atoms with E-state index in [9.17, 15) is 9.59 Å². The molecule has 1 aliphatic carbocycles. The minimum atomic E-state index is -0.872. The van der Waals surface area contributed by atoms with Crippen LogP contribution in [0.2, 0.25) is 0 Å². The smallest absolute Gasteiger partial charge is 0.307 e. The number of carbonyl (C=O) groups is 2. The zero-order valence-electron chi connectivity index (χ0n) is 10.6. The Balaban J connectivity index is 2.10. The van der Waals surface area contributed by atoms with E-state index in [4.69, 9.17) is 5.11 Å². The van der Waals surface area contributed by atoms with Crippen LogP contribution in [0.4, 0.5) is 5.69 Å². The molecule has 4 heteroatoms. The molecule has 1 fully saturated rings. The number of amides is 1. The lowest BCUT2D eigenvalue weighted by atomic mass is 9.73. The van der Waals surface area contributed by atoms with Gasteiger partial charge in [-0.2, -0.15) is 0 Å². The zero-order valence-corrected chi connectivity index (χ0v) is 10.6. The Bertz CT molecular complexity index is 476. The van der Waals surface area contributed by atoms with E-state index in [1.165, 1.54) is 0 Å². The summed E-state index contributed by atoms with van der Waals surface area (Å²) in [6.45, 7) is 3.86. The van der Waals surface area contributed by atoms with Crippen molar-refractivity contribution in [3.8, 4) is 0 Å². The summed E-state index contributed by atoms with van der Waals surface area (Å²) in [5, 5.41) is 11.8. The fourth-order valence-electron chi connectivity index (χ4n) is 2.34. The molecule has 1 aliphatic rings. The van der Waals surface area contributed by atoms with Crippen LogP contribution >= 0.6 is 0 Å². The number of carbonyl (C=O) groups excluding carboxylic acids is 1. The normalized spacial score (nSPS) is 22.1. The minimum absolute atomic E-state index is 0.175. The Labute approximate surface area is 106 Å². The summed E-state index contributed by atoms with van der Waals surface area (Å²) < 4.78 is 0. The molecule has 0 saturated heterocycles. The van der Waals surface area contributed by atoms with Gasteiger partial charge in [-0.1, -0.05) is 18.2 Å². The molecule has 1 aromatic carbocycles. The molecule has 4 nitrogen and oxygen atoms in total. The predicted molar refractivity (Wildman–Crippen MR) is 68.4 cm³/mol. The molecular weight excluding hydrogens is 230 g/mol. The van der Waals surface area contributed by atoms with Crippen LogP contribution in [0.5, 0.6) is 0 Å². The molecule has 1 aromatic rings. The molecule has 0 aromatic heterocycles. The van der Waals surface area contributed by atoms with Crippen LogP contribution in [0, 0.1) is 25.7 Å². The molecule has 1 saturated carbocycles. The molecule has 2 atom stereocenters. The topological polar surface area (TPSA) is 66.4 Å². The van der Waals surface area contributed by atoms with E-state index in [2.05, 4.69) is 5.32 Å². The number of carboxylic acids is 1. The summed E-state index contributed by atoms with van der Waals surface area (Å²) in [5.41, 5.74) is 2.79. The molecule has 2 N–H and O–H groups in total.